The summed E-state index contributed by atoms with van der Waals surface area (Å²) < 4.78 is 0. The molecule has 244 valence electrons. The molecule has 0 amide bonds. The first-order valence-electron chi connectivity index (χ1n) is 17.5. The summed E-state index contributed by atoms with van der Waals surface area (Å²) in [7, 11) is 0. The maximum Gasteiger partial charge on any atom is -0.0533 e. The molecular weight excluding hydrogens is 456 g/mol. The Morgan fingerprint density at radius 3 is 0.500 bits per heavy atom. The number of hydrogen-bond donors (Lipinski definition) is 0. The van der Waals surface area contributed by atoms with Gasteiger partial charge in [0, 0.05) is 0 Å². The molecule has 0 saturated carbocycles. The molecule has 0 unspecified atom stereocenters. The normalized spacial score (nSPS) is 7.84. The summed E-state index contributed by atoms with van der Waals surface area (Å²) in [5, 5.41) is 0. The molecule has 0 radical (unpaired) electrons. The fraction of sp³-hybridized carbons (Fsp3) is 0.947. The lowest BCUT2D eigenvalue weighted by atomic mass is 10.1. The Labute approximate surface area is 252 Å². The highest BCUT2D eigenvalue weighted by molar-refractivity contribution is 4.39. The third-order valence-electron chi connectivity index (χ3n) is 4.83. The van der Waals surface area contributed by atoms with E-state index in [1.165, 1.54) is 135 Å². The average Bonchev–Trinajstić information content (AvgIpc) is 2.94. The summed E-state index contributed by atoms with van der Waals surface area (Å²) in [6.07, 6.45) is 29.0. The van der Waals surface area contributed by atoms with E-state index in [2.05, 4.69) is 96.2 Å². The fourth-order valence-electron chi connectivity index (χ4n) is 2.38. The summed E-state index contributed by atoms with van der Waals surface area (Å²) in [5.41, 5.74) is 0. The minimum atomic E-state index is 0. The highest BCUT2D eigenvalue weighted by atomic mass is 13.9. The average molecular weight is 549 g/mol. The second-order valence-electron chi connectivity index (χ2n) is 9.24. The molecule has 0 saturated heterocycles. The van der Waals surface area contributed by atoms with Crippen LogP contribution in [0.1, 0.15) is 239 Å². The summed E-state index contributed by atoms with van der Waals surface area (Å²) in [6.45, 7) is 36.5. The van der Waals surface area contributed by atoms with Gasteiger partial charge in [0.1, 0.15) is 0 Å². The van der Waals surface area contributed by atoms with Crippen LogP contribution in [0.2, 0.25) is 0 Å². The van der Waals surface area contributed by atoms with E-state index in [1.807, 2.05) is 13.8 Å². The Morgan fingerprint density at radius 1 is 0.263 bits per heavy atom. The minimum Gasteiger partial charge on any atom is -0.106 e. The van der Waals surface area contributed by atoms with Crippen LogP contribution in [-0.2, 0) is 0 Å². The van der Waals surface area contributed by atoms with Crippen LogP contribution in [0.4, 0.5) is 0 Å². The maximum atomic E-state index is 3.00. The Kier molecular flexibility index (Phi) is 177. The van der Waals surface area contributed by atoms with Crippen molar-refractivity contribution >= 4 is 0 Å². The molecule has 0 aliphatic heterocycles. The molecule has 0 aliphatic carbocycles. The van der Waals surface area contributed by atoms with Crippen molar-refractivity contribution in [1.29, 1.82) is 0 Å². The Balaban J connectivity index is -0.0000000375. The first-order valence-corrected chi connectivity index (χ1v) is 17.5. The molecule has 0 aromatic rings. The Morgan fingerprint density at radius 2 is 0.395 bits per heavy atom. The third kappa shape index (κ3) is 199. The third-order valence-corrected chi connectivity index (χ3v) is 4.83. The zero-order chi connectivity index (χ0) is 30.8. The quantitative estimate of drug-likeness (QED) is 0.141. The molecule has 0 aromatic heterocycles. The van der Waals surface area contributed by atoms with Gasteiger partial charge in [-0.15, -0.1) is 13.2 Å². The molecule has 0 heteroatoms. The van der Waals surface area contributed by atoms with Gasteiger partial charge in [-0.2, -0.15) is 0 Å². The SMILES string of the molecule is C.C=C.CC.CCC.CCCC.CCCCC.CCCCCC.CCCCCCC.CCCCCCCC. The number of hydrogen-bond acceptors (Lipinski definition) is 0. The van der Waals surface area contributed by atoms with E-state index in [0.29, 0.717) is 0 Å². The van der Waals surface area contributed by atoms with Crippen LogP contribution in [0.15, 0.2) is 13.2 Å². The Hall–Kier alpha value is -0.260. The molecular formula is C38H92. The van der Waals surface area contributed by atoms with E-state index in [0.717, 1.165) is 0 Å². The minimum absolute atomic E-state index is 0. The van der Waals surface area contributed by atoms with Crippen LogP contribution in [0.5, 0.6) is 0 Å². The van der Waals surface area contributed by atoms with Gasteiger partial charge >= 0.3 is 0 Å². The topological polar surface area (TPSA) is 0 Å². The van der Waals surface area contributed by atoms with E-state index in [-0.39, 0.29) is 7.43 Å². The van der Waals surface area contributed by atoms with E-state index >= 15 is 0 Å². The van der Waals surface area contributed by atoms with Crippen molar-refractivity contribution in [3.05, 3.63) is 13.2 Å². The smallest absolute Gasteiger partial charge is 0.0533 e. The lowest BCUT2D eigenvalue weighted by molar-refractivity contribution is 0.624. The van der Waals surface area contributed by atoms with Gasteiger partial charge in [0.05, 0.1) is 0 Å². The fourth-order valence-corrected chi connectivity index (χ4v) is 2.38. The van der Waals surface area contributed by atoms with Crippen molar-refractivity contribution in [3.8, 4) is 0 Å². The summed E-state index contributed by atoms with van der Waals surface area (Å²) in [5.74, 6) is 0. The monoisotopic (exact) mass is 549 g/mol. The van der Waals surface area contributed by atoms with Gasteiger partial charge in [0.15, 0.2) is 0 Å². The van der Waals surface area contributed by atoms with Crippen molar-refractivity contribution in [3.63, 3.8) is 0 Å². The predicted octanol–water partition coefficient (Wildman–Crippen LogP) is 16.8. The largest absolute Gasteiger partial charge is 0.106 e. The molecule has 38 heavy (non-hydrogen) atoms. The molecule has 0 rings (SSSR count). The molecule has 0 atom stereocenters. The number of rotatable bonds is 15. The zero-order valence-electron chi connectivity index (χ0n) is 30.3. The highest BCUT2D eigenvalue weighted by Gasteiger charge is 1.83. The van der Waals surface area contributed by atoms with Gasteiger partial charge in [0.2, 0.25) is 0 Å². The second-order valence-corrected chi connectivity index (χ2v) is 9.24. The second kappa shape index (κ2) is 109. The standard InChI is InChI=1S/C8H18.C7H16.C6H14.C5H12.C4H10.C3H8.C2H6.C2H4.CH4/c1-3-5-7-8-6-4-2;1-3-5-7-6-4-2;1-3-5-6-4-2;1-3-5-4-2;1-3-4-2;1-3-2;2*1-2;/h3-8H2,1-2H3;3-7H2,1-2H3;3-6H2,1-2H3;3-5H2,1-2H3;3-4H2,1-2H3;3H2,1-2H3;1-2H3;1-2H2;1H4. The molecule has 0 aromatic carbocycles. The molecule has 0 fully saturated rings. The molecule has 0 aliphatic rings. The van der Waals surface area contributed by atoms with Gasteiger partial charge in [-0.25, -0.2) is 0 Å². The molecule has 0 bridgehead atoms. The Bertz CT molecular complexity index is 178. The van der Waals surface area contributed by atoms with Crippen molar-refractivity contribution in [2.45, 2.75) is 239 Å². The predicted molar refractivity (Wildman–Crippen MR) is 194 cm³/mol. The van der Waals surface area contributed by atoms with Gasteiger partial charge in [-0.05, 0) is 0 Å². The van der Waals surface area contributed by atoms with Gasteiger partial charge < -0.3 is 0 Å². The zero-order valence-corrected chi connectivity index (χ0v) is 30.3. The van der Waals surface area contributed by atoms with Crippen LogP contribution >= 0.6 is 0 Å². The molecule has 0 spiro atoms. The number of unbranched alkanes of at least 4 members (excludes halogenated alkanes) is 15. The van der Waals surface area contributed by atoms with Crippen LogP contribution in [0.25, 0.3) is 0 Å². The van der Waals surface area contributed by atoms with Crippen molar-refractivity contribution < 1.29 is 0 Å². The summed E-state index contributed by atoms with van der Waals surface area (Å²) >= 11 is 0. The summed E-state index contributed by atoms with van der Waals surface area (Å²) in [6, 6.07) is 0. The maximum absolute atomic E-state index is 3.00. The summed E-state index contributed by atoms with van der Waals surface area (Å²) in [4.78, 5) is 0. The lowest BCUT2D eigenvalue weighted by Crippen LogP contribution is -1.73. The van der Waals surface area contributed by atoms with Crippen LogP contribution in [0, 0.1) is 0 Å². The first-order chi connectivity index (χ1) is 18.0. The van der Waals surface area contributed by atoms with E-state index in [1.54, 1.807) is 0 Å². The van der Waals surface area contributed by atoms with Crippen LogP contribution < -0.4 is 0 Å². The van der Waals surface area contributed by atoms with Gasteiger partial charge in [0.25, 0.3) is 0 Å². The van der Waals surface area contributed by atoms with E-state index in [9.17, 15) is 0 Å². The van der Waals surface area contributed by atoms with Crippen molar-refractivity contribution in [1.82, 2.24) is 0 Å². The highest BCUT2D eigenvalue weighted by Crippen LogP contribution is 2.03. The van der Waals surface area contributed by atoms with Gasteiger partial charge in [-0.1, -0.05) is 239 Å². The van der Waals surface area contributed by atoms with Gasteiger partial charge in [-0.3, -0.25) is 0 Å². The van der Waals surface area contributed by atoms with E-state index in [4.69, 9.17) is 0 Å². The molecule has 0 heterocycles. The lowest BCUT2D eigenvalue weighted by Gasteiger charge is -1.93. The molecule has 0 nitrogen and oxygen atoms in total. The van der Waals surface area contributed by atoms with Crippen LogP contribution in [0.3, 0.4) is 0 Å². The molecule has 0 N–H and O–H groups in total. The first kappa shape index (κ1) is 61.7. The van der Waals surface area contributed by atoms with Crippen LogP contribution in [-0.4, -0.2) is 0 Å². The van der Waals surface area contributed by atoms with Crippen molar-refractivity contribution in [2.24, 2.45) is 0 Å². The van der Waals surface area contributed by atoms with Crippen molar-refractivity contribution in [2.75, 3.05) is 0 Å². The van der Waals surface area contributed by atoms with E-state index < -0.39 is 0 Å².